The van der Waals surface area contributed by atoms with Crippen LogP contribution in [0.5, 0.6) is 11.5 Å². The molecule has 0 aliphatic carbocycles. The average Bonchev–Trinajstić information content (AvgIpc) is 3.19. The summed E-state index contributed by atoms with van der Waals surface area (Å²) in [5.74, 6) is 1.72. The summed E-state index contributed by atoms with van der Waals surface area (Å²) in [5.41, 5.74) is 8.46. The molecule has 1 aliphatic heterocycles. The van der Waals surface area contributed by atoms with Crippen molar-refractivity contribution in [3.05, 3.63) is 203 Å². The summed E-state index contributed by atoms with van der Waals surface area (Å²) < 4.78 is 12.3. The smallest absolute Gasteiger partial charge is 0.119 e. The van der Waals surface area contributed by atoms with Gasteiger partial charge in [0.05, 0.1) is 6.04 Å². The number of benzene rings is 6. The third-order valence-corrected chi connectivity index (χ3v) is 9.46. The fourth-order valence-electron chi connectivity index (χ4n) is 6.69. The van der Waals surface area contributed by atoms with Gasteiger partial charge in [-0.3, -0.25) is 9.89 Å². The zero-order valence-electron chi connectivity index (χ0n) is 28.5. The molecule has 0 atom stereocenters. The van der Waals surface area contributed by atoms with E-state index in [1.807, 2.05) is 36.4 Å². The van der Waals surface area contributed by atoms with Crippen LogP contribution in [0.4, 0.5) is 0 Å². The van der Waals surface area contributed by atoms with Gasteiger partial charge in [-0.05, 0) is 76.1 Å². The van der Waals surface area contributed by atoms with Gasteiger partial charge in [0.2, 0.25) is 0 Å². The van der Waals surface area contributed by atoms with Crippen molar-refractivity contribution in [1.82, 2.24) is 4.90 Å². The van der Waals surface area contributed by atoms with Crippen molar-refractivity contribution in [2.24, 2.45) is 4.99 Å². The minimum atomic E-state index is 0.0108. The number of piperidine rings is 1. The van der Waals surface area contributed by atoms with Gasteiger partial charge in [-0.15, -0.1) is 0 Å². The van der Waals surface area contributed by atoms with Gasteiger partial charge in [0, 0.05) is 31.8 Å². The van der Waals surface area contributed by atoms with Gasteiger partial charge in [-0.1, -0.05) is 140 Å². The topological polar surface area (TPSA) is 34.1 Å². The van der Waals surface area contributed by atoms with Crippen LogP contribution in [0.15, 0.2) is 169 Å². The molecule has 0 aromatic heterocycles. The van der Waals surface area contributed by atoms with E-state index in [0.717, 1.165) is 60.7 Å². The van der Waals surface area contributed by atoms with E-state index in [-0.39, 0.29) is 5.92 Å². The normalized spacial score (nSPS) is 13.9. The third kappa shape index (κ3) is 8.96. The van der Waals surface area contributed by atoms with E-state index in [0.29, 0.717) is 19.3 Å². The SMILES string of the molecule is C(=NC1CCN(Cc2ccccc2)CC1)c1ccccc1C(c1ccc(OCc2ccccc2)cc1)c1ccc(OCc2ccccc2)cc1. The highest BCUT2D eigenvalue weighted by atomic mass is 16.5. The number of nitrogens with zero attached hydrogens (tertiary/aromatic N) is 2. The summed E-state index contributed by atoms with van der Waals surface area (Å²) >= 11 is 0. The van der Waals surface area contributed by atoms with Crippen LogP contribution in [0.25, 0.3) is 0 Å². The van der Waals surface area contributed by atoms with Gasteiger partial charge in [0.25, 0.3) is 0 Å². The Kier molecular flexibility index (Phi) is 11.1. The Morgan fingerprint density at radius 1 is 0.540 bits per heavy atom. The first kappa shape index (κ1) is 33.1. The molecule has 1 heterocycles. The van der Waals surface area contributed by atoms with Gasteiger partial charge in [-0.2, -0.15) is 0 Å². The van der Waals surface area contributed by atoms with E-state index < -0.39 is 0 Å². The molecule has 0 unspecified atom stereocenters. The maximum Gasteiger partial charge on any atom is 0.119 e. The number of rotatable bonds is 13. The van der Waals surface area contributed by atoms with Crippen LogP contribution in [0.1, 0.15) is 57.7 Å². The van der Waals surface area contributed by atoms with Crippen molar-refractivity contribution in [2.45, 2.75) is 44.6 Å². The van der Waals surface area contributed by atoms with Crippen molar-refractivity contribution >= 4 is 6.21 Å². The summed E-state index contributed by atoms with van der Waals surface area (Å²) in [6.07, 6.45) is 4.27. The summed E-state index contributed by atoms with van der Waals surface area (Å²) in [7, 11) is 0. The molecule has 0 spiro atoms. The molecule has 0 N–H and O–H groups in total. The molecule has 6 aromatic rings. The summed E-state index contributed by atoms with van der Waals surface area (Å²) in [4.78, 5) is 7.72. The largest absolute Gasteiger partial charge is 0.489 e. The highest BCUT2D eigenvalue weighted by Crippen LogP contribution is 2.35. The molecule has 0 saturated carbocycles. The quantitative estimate of drug-likeness (QED) is 0.0917. The fourth-order valence-corrected chi connectivity index (χ4v) is 6.69. The average molecular weight is 657 g/mol. The molecule has 6 aromatic carbocycles. The second-order valence-corrected chi connectivity index (χ2v) is 13.0. The number of likely N-dealkylation sites (tertiary alicyclic amines) is 1. The molecule has 4 heteroatoms. The van der Waals surface area contributed by atoms with Gasteiger partial charge < -0.3 is 9.47 Å². The Hall–Kier alpha value is -5.45. The van der Waals surface area contributed by atoms with Crippen molar-refractivity contribution in [3.8, 4) is 11.5 Å². The van der Waals surface area contributed by atoms with Gasteiger partial charge in [-0.25, -0.2) is 0 Å². The number of hydrogen-bond donors (Lipinski definition) is 0. The lowest BCUT2D eigenvalue weighted by atomic mass is 9.83. The molecule has 7 rings (SSSR count). The van der Waals surface area contributed by atoms with E-state index >= 15 is 0 Å². The molecule has 1 saturated heterocycles. The first-order valence-corrected chi connectivity index (χ1v) is 17.7. The van der Waals surface area contributed by atoms with Crippen LogP contribution in [0.3, 0.4) is 0 Å². The van der Waals surface area contributed by atoms with Crippen LogP contribution in [-0.4, -0.2) is 30.2 Å². The van der Waals surface area contributed by atoms with Gasteiger partial charge >= 0.3 is 0 Å². The molecule has 1 fully saturated rings. The molecular formula is C46H44N2O2. The van der Waals surface area contributed by atoms with Crippen LogP contribution >= 0.6 is 0 Å². The Morgan fingerprint density at radius 3 is 1.52 bits per heavy atom. The molecule has 0 amide bonds. The highest BCUT2D eigenvalue weighted by Gasteiger charge is 2.21. The standard InChI is InChI=1S/C46H44N2O2/c1-4-12-36(13-5-1)33-48-30-28-42(29-31-48)47-32-41-18-10-11-19-45(41)46(39-20-24-43(25-21-39)49-34-37-14-6-2-7-15-37)40-22-26-44(27-23-40)50-35-38-16-8-3-9-17-38/h1-27,32,42,46H,28-31,33-35H2. The number of ether oxygens (including phenoxy) is 2. The summed E-state index contributed by atoms with van der Waals surface area (Å²) in [6.45, 7) is 4.22. The van der Waals surface area contributed by atoms with E-state index in [1.54, 1.807) is 0 Å². The summed E-state index contributed by atoms with van der Waals surface area (Å²) in [6, 6.07) is 57.5. The second kappa shape index (κ2) is 16.8. The lowest BCUT2D eigenvalue weighted by Crippen LogP contribution is -2.34. The van der Waals surface area contributed by atoms with Crippen LogP contribution in [0, 0.1) is 0 Å². The Balaban J connectivity index is 1.10. The molecule has 0 radical (unpaired) electrons. The van der Waals surface area contributed by atoms with Crippen molar-refractivity contribution in [2.75, 3.05) is 13.1 Å². The van der Waals surface area contributed by atoms with E-state index in [4.69, 9.17) is 14.5 Å². The number of hydrogen-bond acceptors (Lipinski definition) is 4. The van der Waals surface area contributed by atoms with E-state index in [9.17, 15) is 0 Å². The van der Waals surface area contributed by atoms with E-state index in [2.05, 4.69) is 139 Å². The van der Waals surface area contributed by atoms with Crippen molar-refractivity contribution in [3.63, 3.8) is 0 Å². The maximum absolute atomic E-state index is 6.15. The summed E-state index contributed by atoms with van der Waals surface area (Å²) in [5, 5.41) is 0. The Bertz CT molecular complexity index is 1830. The zero-order valence-corrected chi connectivity index (χ0v) is 28.5. The fraction of sp³-hybridized carbons (Fsp3) is 0.196. The van der Waals surface area contributed by atoms with Crippen LogP contribution in [0.2, 0.25) is 0 Å². The molecule has 4 nitrogen and oxygen atoms in total. The lowest BCUT2D eigenvalue weighted by Gasteiger charge is -2.30. The highest BCUT2D eigenvalue weighted by molar-refractivity contribution is 5.83. The van der Waals surface area contributed by atoms with Crippen molar-refractivity contribution < 1.29 is 9.47 Å². The predicted molar refractivity (Wildman–Crippen MR) is 204 cm³/mol. The minimum absolute atomic E-state index is 0.0108. The predicted octanol–water partition coefficient (Wildman–Crippen LogP) is 10.1. The number of aliphatic imine (C=N–C) groups is 1. The molecular weight excluding hydrogens is 613 g/mol. The monoisotopic (exact) mass is 656 g/mol. The van der Waals surface area contributed by atoms with Gasteiger partial charge in [0.15, 0.2) is 0 Å². The van der Waals surface area contributed by atoms with Crippen molar-refractivity contribution in [1.29, 1.82) is 0 Å². The Labute approximate surface area is 296 Å². The molecule has 250 valence electrons. The first-order valence-electron chi connectivity index (χ1n) is 17.7. The van der Waals surface area contributed by atoms with E-state index in [1.165, 1.54) is 22.3 Å². The van der Waals surface area contributed by atoms with Gasteiger partial charge in [0.1, 0.15) is 24.7 Å². The van der Waals surface area contributed by atoms with Crippen LogP contribution in [-0.2, 0) is 19.8 Å². The molecule has 0 bridgehead atoms. The minimum Gasteiger partial charge on any atom is -0.489 e. The second-order valence-electron chi connectivity index (χ2n) is 13.0. The third-order valence-electron chi connectivity index (χ3n) is 9.46. The molecule has 50 heavy (non-hydrogen) atoms. The maximum atomic E-state index is 6.15. The molecule has 1 aliphatic rings. The zero-order chi connectivity index (χ0) is 33.8. The Morgan fingerprint density at radius 2 is 1.00 bits per heavy atom. The van der Waals surface area contributed by atoms with Crippen LogP contribution < -0.4 is 9.47 Å². The lowest BCUT2D eigenvalue weighted by molar-refractivity contribution is 0.206. The first-order chi connectivity index (χ1) is 24.8.